The Morgan fingerprint density at radius 2 is 1.88 bits per heavy atom. The van der Waals surface area contributed by atoms with E-state index >= 15 is 0 Å². The molecule has 1 aliphatic rings. The molecule has 0 bridgehead atoms. The van der Waals surface area contributed by atoms with Gasteiger partial charge in [0.15, 0.2) is 0 Å². The molecule has 0 aromatic carbocycles. The van der Waals surface area contributed by atoms with Crippen LogP contribution in [-0.2, 0) is 4.79 Å². The standard InChI is InChI=1S/C12H24N2O.ClH/c1-9(2)11(13)12(15)14-8-10-6-4-3-5-7-10;/h9-11H,3-8,13H2,1-2H3,(H,14,15);1H/t11-;/m0./s1. The highest BCUT2D eigenvalue weighted by Crippen LogP contribution is 2.22. The van der Waals surface area contributed by atoms with E-state index in [1.165, 1.54) is 32.1 Å². The molecule has 4 heteroatoms. The van der Waals surface area contributed by atoms with E-state index in [0.29, 0.717) is 5.92 Å². The van der Waals surface area contributed by atoms with Crippen molar-refractivity contribution >= 4 is 18.3 Å². The zero-order chi connectivity index (χ0) is 11.3. The van der Waals surface area contributed by atoms with Crippen molar-refractivity contribution < 1.29 is 4.79 Å². The van der Waals surface area contributed by atoms with Crippen LogP contribution in [0, 0.1) is 11.8 Å². The van der Waals surface area contributed by atoms with E-state index in [9.17, 15) is 4.79 Å². The van der Waals surface area contributed by atoms with E-state index in [2.05, 4.69) is 5.32 Å². The topological polar surface area (TPSA) is 55.1 Å². The van der Waals surface area contributed by atoms with Gasteiger partial charge in [0.1, 0.15) is 0 Å². The van der Waals surface area contributed by atoms with Crippen molar-refractivity contribution in [1.29, 1.82) is 0 Å². The van der Waals surface area contributed by atoms with Crippen LogP contribution in [0.3, 0.4) is 0 Å². The molecular formula is C12H25ClN2O. The third kappa shape index (κ3) is 5.17. The second-order valence-corrected chi connectivity index (χ2v) is 5.02. The Morgan fingerprint density at radius 3 is 2.38 bits per heavy atom. The Morgan fingerprint density at radius 1 is 1.31 bits per heavy atom. The number of nitrogens with one attached hydrogen (secondary N) is 1. The number of carbonyl (C=O) groups is 1. The minimum atomic E-state index is -0.353. The van der Waals surface area contributed by atoms with Gasteiger partial charge < -0.3 is 11.1 Å². The predicted octanol–water partition coefficient (Wildman–Crippen LogP) is 2.09. The smallest absolute Gasteiger partial charge is 0.237 e. The number of nitrogens with two attached hydrogens (primary N) is 1. The minimum Gasteiger partial charge on any atom is -0.354 e. The lowest BCUT2D eigenvalue weighted by Crippen LogP contribution is -2.45. The monoisotopic (exact) mass is 248 g/mol. The summed E-state index contributed by atoms with van der Waals surface area (Å²) in [6.45, 7) is 4.77. The number of amides is 1. The number of carbonyl (C=O) groups excluding carboxylic acids is 1. The van der Waals surface area contributed by atoms with Gasteiger partial charge in [0.2, 0.25) is 5.91 Å². The normalized spacial score (nSPS) is 19.0. The molecule has 0 aliphatic heterocycles. The van der Waals surface area contributed by atoms with Gasteiger partial charge in [-0.25, -0.2) is 0 Å². The summed E-state index contributed by atoms with van der Waals surface area (Å²) < 4.78 is 0. The molecule has 3 N–H and O–H groups in total. The zero-order valence-corrected chi connectivity index (χ0v) is 11.2. The van der Waals surface area contributed by atoms with Gasteiger partial charge in [0, 0.05) is 6.54 Å². The number of hydrogen-bond donors (Lipinski definition) is 2. The van der Waals surface area contributed by atoms with Crippen molar-refractivity contribution in [3.8, 4) is 0 Å². The summed E-state index contributed by atoms with van der Waals surface area (Å²) in [6.07, 6.45) is 6.51. The summed E-state index contributed by atoms with van der Waals surface area (Å²) in [7, 11) is 0. The fraction of sp³-hybridized carbons (Fsp3) is 0.917. The molecule has 0 radical (unpaired) electrons. The molecular weight excluding hydrogens is 224 g/mol. The quantitative estimate of drug-likeness (QED) is 0.801. The maximum absolute atomic E-state index is 11.6. The highest BCUT2D eigenvalue weighted by molar-refractivity contribution is 5.85. The molecule has 16 heavy (non-hydrogen) atoms. The lowest BCUT2D eigenvalue weighted by atomic mass is 9.89. The van der Waals surface area contributed by atoms with Gasteiger partial charge in [0.25, 0.3) is 0 Å². The Labute approximate surface area is 105 Å². The predicted molar refractivity (Wildman–Crippen MR) is 69.6 cm³/mol. The van der Waals surface area contributed by atoms with Crippen LogP contribution in [0.1, 0.15) is 46.0 Å². The third-order valence-corrected chi connectivity index (χ3v) is 3.31. The van der Waals surface area contributed by atoms with Gasteiger partial charge in [-0.05, 0) is 24.7 Å². The van der Waals surface area contributed by atoms with Gasteiger partial charge in [0.05, 0.1) is 6.04 Å². The van der Waals surface area contributed by atoms with Crippen molar-refractivity contribution in [3.63, 3.8) is 0 Å². The first-order chi connectivity index (χ1) is 7.11. The molecule has 1 saturated carbocycles. The summed E-state index contributed by atoms with van der Waals surface area (Å²) in [5.41, 5.74) is 5.76. The first-order valence-electron chi connectivity index (χ1n) is 6.14. The molecule has 96 valence electrons. The highest BCUT2D eigenvalue weighted by atomic mass is 35.5. The second kappa shape index (κ2) is 7.91. The maximum Gasteiger partial charge on any atom is 0.237 e. The summed E-state index contributed by atoms with van der Waals surface area (Å²) in [6, 6.07) is -0.353. The third-order valence-electron chi connectivity index (χ3n) is 3.31. The molecule has 0 aromatic rings. The van der Waals surface area contributed by atoms with Gasteiger partial charge in [-0.2, -0.15) is 0 Å². The van der Waals surface area contributed by atoms with Crippen LogP contribution in [0.25, 0.3) is 0 Å². The first kappa shape index (κ1) is 15.7. The van der Waals surface area contributed by atoms with Crippen LogP contribution in [0.5, 0.6) is 0 Å². The Hall–Kier alpha value is -0.280. The van der Waals surface area contributed by atoms with Crippen molar-refractivity contribution in [2.75, 3.05) is 6.54 Å². The van der Waals surface area contributed by atoms with Crippen LogP contribution < -0.4 is 11.1 Å². The minimum absolute atomic E-state index is 0. The van der Waals surface area contributed by atoms with Crippen LogP contribution in [0.2, 0.25) is 0 Å². The largest absolute Gasteiger partial charge is 0.354 e. The van der Waals surface area contributed by atoms with E-state index in [1.54, 1.807) is 0 Å². The highest BCUT2D eigenvalue weighted by Gasteiger charge is 2.19. The average Bonchev–Trinajstić information content (AvgIpc) is 2.26. The number of hydrogen-bond acceptors (Lipinski definition) is 2. The van der Waals surface area contributed by atoms with Gasteiger partial charge in [-0.15, -0.1) is 12.4 Å². The summed E-state index contributed by atoms with van der Waals surface area (Å²) in [5, 5.41) is 2.97. The summed E-state index contributed by atoms with van der Waals surface area (Å²) >= 11 is 0. The molecule has 3 nitrogen and oxygen atoms in total. The Balaban J connectivity index is 0.00000225. The molecule has 0 saturated heterocycles. The molecule has 0 unspecified atom stereocenters. The molecule has 0 heterocycles. The van der Waals surface area contributed by atoms with Crippen LogP contribution >= 0.6 is 12.4 Å². The Bertz CT molecular complexity index is 203. The van der Waals surface area contributed by atoms with E-state index in [1.807, 2.05) is 13.8 Å². The lowest BCUT2D eigenvalue weighted by molar-refractivity contribution is -0.123. The lowest BCUT2D eigenvalue weighted by Gasteiger charge is -2.23. The van der Waals surface area contributed by atoms with E-state index in [0.717, 1.165) is 6.54 Å². The van der Waals surface area contributed by atoms with Crippen molar-refractivity contribution in [2.24, 2.45) is 17.6 Å². The van der Waals surface area contributed by atoms with Crippen molar-refractivity contribution in [2.45, 2.75) is 52.0 Å². The SMILES string of the molecule is CC(C)[C@H](N)C(=O)NCC1CCCCC1.Cl. The first-order valence-corrected chi connectivity index (χ1v) is 6.14. The van der Waals surface area contributed by atoms with Crippen LogP contribution in [0.4, 0.5) is 0 Å². The molecule has 1 aliphatic carbocycles. The number of rotatable bonds is 4. The van der Waals surface area contributed by atoms with E-state index in [4.69, 9.17) is 5.73 Å². The zero-order valence-electron chi connectivity index (χ0n) is 10.4. The molecule has 1 amide bonds. The fourth-order valence-electron chi connectivity index (χ4n) is 2.06. The molecule has 1 rings (SSSR count). The molecule has 0 spiro atoms. The summed E-state index contributed by atoms with van der Waals surface area (Å²) in [5.74, 6) is 0.911. The van der Waals surface area contributed by atoms with Crippen LogP contribution in [-0.4, -0.2) is 18.5 Å². The van der Waals surface area contributed by atoms with Gasteiger partial charge in [-0.1, -0.05) is 33.1 Å². The number of halogens is 1. The van der Waals surface area contributed by atoms with E-state index < -0.39 is 0 Å². The maximum atomic E-state index is 11.6. The average molecular weight is 249 g/mol. The Kier molecular flexibility index (Phi) is 7.77. The van der Waals surface area contributed by atoms with Crippen molar-refractivity contribution in [1.82, 2.24) is 5.32 Å². The second-order valence-electron chi connectivity index (χ2n) is 5.02. The van der Waals surface area contributed by atoms with E-state index in [-0.39, 0.29) is 30.3 Å². The summed E-state index contributed by atoms with van der Waals surface area (Å²) in [4.78, 5) is 11.6. The molecule has 0 aromatic heterocycles. The van der Waals surface area contributed by atoms with Gasteiger partial charge >= 0.3 is 0 Å². The van der Waals surface area contributed by atoms with Gasteiger partial charge in [-0.3, -0.25) is 4.79 Å². The van der Waals surface area contributed by atoms with Crippen LogP contribution in [0.15, 0.2) is 0 Å². The van der Waals surface area contributed by atoms with Crippen molar-refractivity contribution in [3.05, 3.63) is 0 Å². The molecule has 1 atom stereocenters. The fourth-order valence-corrected chi connectivity index (χ4v) is 2.06. The molecule has 1 fully saturated rings.